The number of anilines is 1. The van der Waals surface area contributed by atoms with E-state index in [1.807, 2.05) is 6.08 Å². The van der Waals surface area contributed by atoms with Gasteiger partial charge in [0, 0.05) is 6.07 Å². The number of hydrogen-bond donors (Lipinski definition) is 2. The zero-order valence-corrected chi connectivity index (χ0v) is 9.00. The largest absolute Gasteiger partial charge is 0.481 e. The van der Waals surface area contributed by atoms with Crippen LogP contribution in [0.25, 0.3) is 0 Å². The van der Waals surface area contributed by atoms with Gasteiger partial charge in [0.1, 0.15) is 6.26 Å². The highest BCUT2D eigenvalue weighted by atomic mass is 16.5. The van der Waals surface area contributed by atoms with E-state index in [4.69, 9.17) is 5.11 Å². The fourth-order valence-corrected chi connectivity index (χ4v) is 1.87. The third-order valence-electron chi connectivity index (χ3n) is 2.78. The van der Waals surface area contributed by atoms with Gasteiger partial charge in [0.2, 0.25) is 5.91 Å². The van der Waals surface area contributed by atoms with Crippen LogP contribution in [-0.4, -0.2) is 22.1 Å². The minimum Gasteiger partial charge on any atom is -0.481 e. The Hall–Kier alpha value is -2.11. The smallest absolute Gasteiger partial charge is 0.307 e. The number of carboxylic acids is 1. The molecular formula is C11H12N2O4. The SMILES string of the molecule is O=C(O)[C@H]1CC=CC[C@H]1C(=O)Nc1ccon1. The quantitative estimate of drug-likeness (QED) is 0.771. The van der Waals surface area contributed by atoms with Gasteiger partial charge < -0.3 is 14.9 Å². The van der Waals surface area contributed by atoms with Gasteiger partial charge in [-0.2, -0.15) is 0 Å². The summed E-state index contributed by atoms with van der Waals surface area (Å²) in [6.07, 6.45) is 5.77. The van der Waals surface area contributed by atoms with Crippen LogP contribution in [0.4, 0.5) is 5.82 Å². The van der Waals surface area contributed by atoms with Crippen molar-refractivity contribution in [1.82, 2.24) is 5.16 Å². The number of allylic oxidation sites excluding steroid dienone is 2. The van der Waals surface area contributed by atoms with Crippen molar-refractivity contribution in [2.75, 3.05) is 5.32 Å². The minimum atomic E-state index is -0.949. The Morgan fingerprint density at radius 2 is 2.06 bits per heavy atom. The van der Waals surface area contributed by atoms with Crippen molar-refractivity contribution in [3.63, 3.8) is 0 Å². The molecule has 1 aliphatic rings. The van der Waals surface area contributed by atoms with Gasteiger partial charge in [-0.15, -0.1) is 0 Å². The molecule has 2 atom stereocenters. The summed E-state index contributed by atoms with van der Waals surface area (Å²) in [5.41, 5.74) is 0. The molecule has 1 heterocycles. The van der Waals surface area contributed by atoms with Crippen molar-refractivity contribution in [3.05, 3.63) is 24.5 Å². The van der Waals surface area contributed by atoms with E-state index in [9.17, 15) is 9.59 Å². The molecule has 0 fully saturated rings. The third kappa shape index (κ3) is 2.52. The predicted octanol–water partition coefficient (Wildman–Crippen LogP) is 1.28. The summed E-state index contributed by atoms with van der Waals surface area (Å²) in [6, 6.07) is 1.51. The van der Waals surface area contributed by atoms with Gasteiger partial charge in [-0.1, -0.05) is 17.3 Å². The van der Waals surface area contributed by atoms with Gasteiger partial charge in [0.25, 0.3) is 0 Å². The maximum absolute atomic E-state index is 11.9. The molecule has 0 saturated carbocycles. The fourth-order valence-electron chi connectivity index (χ4n) is 1.87. The van der Waals surface area contributed by atoms with E-state index >= 15 is 0 Å². The van der Waals surface area contributed by atoms with E-state index in [0.717, 1.165) is 0 Å². The minimum absolute atomic E-state index is 0.300. The molecule has 90 valence electrons. The van der Waals surface area contributed by atoms with Crippen molar-refractivity contribution in [2.45, 2.75) is 12.8 Å². The van der Waals surface area contributed by atoms with E-state index in [-0.39, 0.29) is 5.91 Å². The summed E-state index contributed by atoms with van der Waals surface area (Å²) >= 11 is 0. The first-order chi connectivity index (χ1) is 8.18. The van der Waals surface area contributed by atoms with Crippen molar-refractivity contribution in [3.8, 4) is 0 Å². The Labute approximate surface area is 97.3 Å². The molecule has 0 radical (unpaired) electrons. The number of carbonyl (C=O) groups is 2. The van der Waals surface area contributed by atoms with Crippen LogP contribution >= 0.6 is 0 Å². The van der Waals surface area contributed by atoms with Crippen molar-refractivity contribution in [1.29, 1.82) is 0 Å². The number of carbonyl (C=O) groups excluding carboxylic acids is 1. The molecule has 1 amide bonds. The number of nitrogens with one attached hydrogen (secondary N) is 1. The maximum Gasteiger partial charge on any atom is 0.307 e. The Balaban J connectivity index is 2.07. The van der Waals surface area contributed by atoms with Gasteiger partial charge in [0.15, 0.2) is 5.82 Å². The average molecular weight is 236 g/mol. The molecule has 1 aromatic heterocycles. The zero-order chi connectivity index (χ0) is 12.3. The van der Waals surface area contributed by atoms with Crippen LogP contribution in [0.3, 0.4) is 0 Å². The summed E-state index contributed by atoms with van der Waals surface area (Å²) in [6.45, 7) is 0. The summed E-state index contributed by atoms with van der Waals surface area (Å²) in [7, 11) is 0. The number of hydrogen-bond acceptors (Lipinski definition) is 4. The molecule has 0 spiro atoms. The summed E-state index contributed by atoms with van der Waals surface area (Å²) in [4.78, 5) is 22.9. The first kappa shape index (κ1) is 11.4. The van der Waals surface area contributed by atoms with Crippen molar-refractivity contribution >= 4 is 17.7 Å². The zero-order valence-electron chi connectivity index (χ0n) is 9.00. The second-order valence-corrected chi connectivity index (χ2v) is 3.87. The number of carboxylic acid groups (broad SMARTS) is 1. The van der Waals surface area contributed by atoms with Crippen LogP contribution in [0.2, 0.25) is 0 Å². The van der Waals surface area contributed by atoms with Crippen LogP contribution in [0, 0.1) is 11.8 Å². The third-order valence-corrected chi connectivity index (χ3v) is 2.78. The van der Waals surface area contributed by atoms with Crippen LogP contribution in [0.5, 0.6) is 0 Å². The van der Waals surface area contributed by atoms with Crippen LogP contribution < -0.4 is 5.32 Å². The van der Waals surface area contributed by atoms with E-state index in [2.05, 4.69) is 15.0 Å². The van der Waals surface area contributed by atoms with Gasteiger partial charge in [-0.25, -0.2) is 0 Å². The Morgan fingerprint density at radius 1 is 1.35 bits per heavy atom. The second kappa shape index (κ2) is 4.82. The van der Waals surface area contributed by atoms with Crippen LogP contribution in [-0.2, 0) is 9.59 Å². The average Bonchev–Trinajstić information content (AvgIpc) is 2.81. The van der Waals surface area contributed by atoms with Gasteiger partial charge in [-0.3, -0.25) is 9.59 Å². The highest BCUT2D eigenvalue weighted by molar-refractivity contribution is 5.94. The number of rotatable bonds is 3. The molecule has 1 aromatic rings. The van der Waals surface area contributed by atoms with E-state index < -0.39 is 17.8 Å². The maximum atomic E-state index is 11.9. The van der Waals surface area contributed by atoms with Gasteiger partial charge in [-0.05, 0) is 12.8 Å². The second-order valence-electron chi connectivity index (χ2n) is 3.87. The molecule has 6 nitrogen and oxygen atoms in total. The molecule has 0 saturated heterocycles. The summed E-state index contributed by atoms with van der Waals surface area (Å²) in [5.74, 6) is -2.22. The highest BCUT2D eigenvalue weighted by Gasteiger charge is 2.34. The molecule has 0 aromatic carbocycles. The molecule has 0 aliphatic heterocycles. The van der Waals surface area contributed by atoms with Crippen molar-refractivity contribution in [2.24, 2.45) is 11.8 Å². The monoisotopic (exact) mass is 236 g/mol. The normalized spacial score (nSPS) is 23.3. The Morgan fingerprint density at radius 3 is 2.65 bits per heavy atom. The predicted molar refractivity (Wildman–Crippen MR) is 58.1 cm³/mol. The van der Waals surface area contributed by atoms with E-state index in [1.54, 1.807) is 6.08 Å². The van der Waals surface area contributed by atoms with E-state index in [1.165, 1.54) is 12.3 Å². The molecule has 2 rings (SSSR count). The summed E-state index contributed by atoms with van der Waals surface area (Å²) in [5, 5.41) is 15.1. The molecule has 1 aliphatic carbocycles. The fraction of sp³-hybridized carbons (Fsp3) is 0.364. The lowest BCUT2D eigenvalue weighted by Gasteiger charge is -2.23. The Kier molecular flexibility index (Phi) is 3.22. The lowest BCUT2D eigenvalue weighted by Crippen LogP contribution is -2.34. The van der Waals surface area contributed by atoms with Gasteiger partial charge in [0.05, 0.1) is 11.8 Å². The van der Waals surface area contributed by atoms with Crippen LogP contribution in [0.1, 0.15) is 12.8 Å². The van der Waals surface area contributed by atoms with Gasteiger partial charge >= 0.3 is 5.97 Å². The van der Waals surface area contributed by atoms with Crippen molar-refractivity contribution < 1.29 is 19.2 Å². The Bertz CT molecular complexity index is 438. The number of nitrogens with zero attached hydrogens (tertiary/aromatic N) is 1. The van der Waals surface area contributed by atoms with E-state index in [0.29, 0.717) is 18.7 Å². The summed E-state index contributed by atoms with van der Waals surface area (Å²) < 4.78 is 4.58. The number of aliphatic carboxylic acids is 1. The molecule has 17 heavy (non-hydrogen) atoms. The highest BCUT2D eigenvalue weighted by Crippen LogP contribution is 2.26. The topological polar surface area (TPSA) is 92.4 Å². The molecule has 2 N–H and O–H groups in total. The number of aromatic nitrogens is 1. The molecule has 6 heteroatoms. The van der Waals surface area contributed by atoms with Crippen LogP contribution in [0.15, 0.2) is 29.0 Å². The first-order valence-electron chi connectivity index (χ1n) is 5.27. The lowest BCUT2D eigenvalue weighted by atomic mass is 9.82. The first-order valence-corrected chi connectivity index (χ1v) is 5.27. The standard InChI is InChI=1S/C11H12N2O4/c14-10(12-9-5-6-17-13-9)7-3-1-2-4-8(7)11(15)16/h1-2,5-8H,3-4H2,(H,15,16)(H,12,13,14)/t7-,8+/m1/s1. The molecule has 0 unspecified atom stereocenters. The molecule has 0 bridgehead atoms. The lowest BCUT2D eigenvalue weighted by molar-refractivity contribution is -0.146. The number of amides is 1. The molecular weight excluding hydrogens is 224 g/mol.